The van der Waals surface area contributed by atoms with Crippen LogP contribution < -0.4 is 5.01 Å². The van der Waals surface area contributed by atoms with E-state index in [1.165, 1.54) is 11.9 Å². The van der Waals surface area contributed by atoms with Gasteiger partial charge in [0.1, 0.15) is 11.7 Å². The van der Waals surface area contributed by atoms with Crippen molar-refractivity contribution in [2.75, 3.05) is 11.6 Å². The number of esters is 1. The van der Waals surface area contributed by atoms with Gasteiger partial charge < -0.3 is 14.6 Å². The van der Waals surface area contributed by atoms with Gasteiger partial charge in [0.2, 0.25) is 0 Å². The number of anilines is 1. The fraction of sp³-hybridized carbons (Fsp3) is 0.333. The van der Waals surface area contributed by atoms with E-state index in [9.17, 15) is 14.7 Å². The second kappa shape index (κ2) is 10.5. The molecule has 0 aromatic heterocycles. The van der Waals surface area contributed by atoms with Crippen molar-refractivity contribution in [2.45, 2.75) is 45.1 Å². The second-order valence-corrected chi connectivity index (χ2v) is 10.8. The predicted molar refractivity (Wildman–Crippen MR) is 153 cm³/mol. The maximum absolute atomic E-state index is 15.0. The number of hydrazone groups is 1. The zero-order valence-corrected chi connectivity index (χ0v) is 23.2. The van der Waals surface area contributed by atoms with E-state index in [-0.39, 0.29) is 12.5 Å². The molecule has 0 saturated heterocycles. The molecule has 1 heterocycles. The normalized spacial score (nSPS) is 29.8. The minimum atomic E-state index is -1.84. The molecule has 2 aliphatic rings. The molecule has 1 spiro atoms. The van der Waals surface area contributed by atoms with Crippen LogP contribution in [0, 0.1) is 24.2 Å². The quantitative estimate of drug-likeness (QED) is 0.351. The number of aliphatic hydroxyl groups is 1. The maximum atomic E-state index is 15.0. The molecule has 1 N–H and O–H groups in total. The number of carbonyl (C=O) groups excluding carboxylic acids is 3. The van der Waals surface area contributed by atoms with E-state index in [0.29, 0.717) is 23.2 Å². The predicted octanol–water partition coefficient (Wildman–Crippen LogP) is 5.03. The Hall–Kier alpha value is -4.10. The number of aldehydes is 1. The number of carbonyl (C=O) groups is 3. The summed E-state index contributed by atoms with van der Waals surface area (Å²) in [5.41, 5.74) is 0.0335. The monoisotopic (exact) mass is 538 g/mol. The molecule has 40 heavy (non-hydrogen) atoms. The average Bonchev–Trinajstić information content (AvgIpc) is 3.21. The van der Waals surface area contributed by atoms with E-state index in [1.54, 1.807) is 26.0 Å². The summed E-state index contributed by atoms with van der Waals surface area (Å²) in [6.45, 7) is 7.01. The number of aryl methyl sites for hydroxylation is 1. The van der Waals surface area contributed by atoms with Gasteiger partial charge in [-0.2, -0.15) is 10.1 Å². The molecule has 0 radical (unpaired) electrons. The molecular weight excluding hydrogens is 504 g/mol. The Labute approximate surface area is 234 Å². The summed E-state index contributed by atoms with van der Waals surface area (Å²) in [6.07, 6.45) is 0.692. The third-order valence-electron chi connectivity index (χ3n) is 8.74. The smallest absolute Gasteiger partial charge is 0.312 e. The summed E-state index contributed by atoms with van der Waals surface area (Å²) in [5.74, 6) is -5.05. The van der Waals surface area contributed by atoms with Crippen LogP contribution in [0.5, 0.6) is 0 Å². The summed E-state index contributed by atoms with van der Waals surface area (Å²) in [6, 6.07) is 25.9. The minimum Gasteiger partial charge on any atom is -0.466 e. The second-order valence-electron chi connectivity index (χ2n) is 10.8. The van der Waals surface area contributed by atoms with Crippen LogP contribution in [-0.4, -0.2) is 41.2 Å². The van der Waals surface area contributed by atoms with E-state index in [4.69, 9.17) is 9.84 Å². The number of ether oxygens (including phenoxy) is 1. The Kier molecular flexibility index (Phi) is 7.19. The van der Waals surface area contributed by atoms with E-state index in [2.05, 4.69) is 0 Å². The summed E-state index contributed by atoms with van der Waals surface area (Å²) >= 11 is 0. The maximum Gasteiger partial charge on any atom is 0.312 e. The molecule has 3 aromatic rings. The number of amides is 1. The van der Waals surface area contributed by atoms with Crippen molar-refractivity contribution in [3.05, 3.63) is 102 Å². The SMILES string of the molecule is CCOC(=O)[C@H]1[C@H](c2ccccc2)[C@@]2(C(=O)N(c3ccccc3)N=C2C)[C@H](c2ccccc2C)[C@@H](C=O)[C@@]1(C)O. The summed E-state index contributed by atoms with van der Waals surface area (Å²) in [4.78, 5) is 41.9. The Morgan fingerprint density at radius 3 is 2.17 bits per heavy atom. The van der Waals surface area contributed by atoms with Gasteiger partial charge in [0.05, 0.1) is 35.4 Å². The van der Waals surface area contributed by atoms with Crippen LogP contribution in [0.3, 0.4) is 0 Å². The van der Waals surface area contributed by atoms with Crippen LogP contribution >= 0.6 is 0 Å². The molecule has 0 unspecified atom stereocenters. The molecule has 5 rings (SSSR count). The third kappa shape index (κ3) is 3.99. The van der Waals surface area contributed by atoms with Crippen LogP contribution in [0.15, 0.2) is 90.0 Å². The first kappa shape index (κ1) is 27.5. The van der Waals surface area contributed by atoms with Gasteiger partial charge in [-0.15, -0.1) is 0 Å². The topological polar surface area (TPSA) is 96.3 Å². The van der Waals surface area contributed by atoms with Crippen LogP contribution in [0.4, 0.5) is 5.69 Å². The van der Waals surface area contributed by atoms with Gasteiger partial charge in [-0.3, -0.25) is 9.59 Å². The molecular formula is C33H34N2O5. The zero-order valence-electron chi connectivity index (χ0n) is 23.2. The molecule has 206 valence electrons. The lowest BCUT2D eigenvalue weighted by Crippen LogP contribution is -2.66. The fourth-order valence-corrected chi connectivity index (χ4v) is 7.00. The Morgan fingerprint density at radius 1 is 0.975 bits per heavy atom. The highest BCUT2D eigenvalue weighted by atomic mass is 16.5. The number of hydrogen-bond donors (Lipinski definition) is 1. The largest absolute Gasteiger partial charge is 0.466 e. The van der Waals surface area contributed by atoms with Crippen molar-refractivity contribution in [3.8, 4) is 0 Å². The van der Waals surface area contributed by atoms with Gasteiger partial charge in [0.15, 0.2) is 0 Å². The van der Waals surface area contributed by atoms with Gasteiger partial charge in [0.25, 0.3) is 5.91 Å². The van der Waals surface area contributed by atoms with Crippen LogP contribution in [-0.2, 0) is 19.1 Å². The first-order valence-electron chi connectivity index (χ1n) is 13.6. The van der Waals surface area contributed by atoms with Crippen molar-refractivity contribution >= 4 is 29.6 Å². The van der Waals surface area contributed by atoms with Crippen molar-refractivity contribution in [3.63, 3.8) is 0 Å². The van der Waals surface area contributed by atoms with E-state index in [1.807, 2.05) is 79.7 Å². The van der Waals surface area contributed by atoms with Gasteiger partial charge in [0, 0.05) is 11.8 Å². The lowest BCUT2D eigenvalue weighted by atomic mass is 9.44. The van der Waals surface area contributed by atoms with E-state index >= 15 is 4.79 Å². The average molecular weight is 539 g/mol. The molecule has 1 saturated carbocycles. The van der Waals surface area contributed by atoms with E-state index < -0.39 is 40.7 Å². The standard InChI is InChI=1S/C33H34N2O5/c1-5-40-30(37)29-27(23-15-8-6-9-16-23)33(22(3)34-35(31(33)38)24-17-10-7-11-18-24)28(26(20-36)32(29,4)39)25-19-13-12-14-21(25)2/h6-20,26-29,39H,5H2,1-4H3/t26-,27+,28-,29-,32-,33-/m1/s1. The molecule has 7 nitrogen and oxygen atoms in total. The Morgan fingerprint density at radius 2 is 1.57 bits per heavy atom. The summed E-state index contributed by atoms with van der Waals surface area (Å²) in [5, 5.41) is 18.4. The zero-order chi connectivity index (χ0) is 28.7. The Bertz CT molecular complexity index is 1450. The number of para-hydroxylation sites is 1. The van der Waals surface area contributed by atoms with Crippen molar-refractivity contribution in [2.24, 2.45) is 22.4 Å². The fourth-order valence-electron chi connectivity index (χ4n) is 7.00. The van der Waals surface area contributed by atoms with Gasteiger partial charge in [-0.1, -0.05) is 72.8 Å². The van der Waals surface area contributed by atoms with Gasteiger partial charge in [-0.25, -0.2) is 0 Å². The first-order valence-corrected chi connectivity index (χ1v) is 13.6. The lowest BCUT2D eigenvalue weighted by Gasteiger charge is -2.57. The molecule has 6 atom stereocenters. The minimum absolute atomic E-state index is 0.0874. The number of rotatable bonds is 6. The first-order chi connectivity index (χ1) is 19.2. The van der Waals surface area contributed by atoms with Crippen molar-refractivity contribution in [1.29, 1.82) is 0 Å². The van der Waals surface area contributed by atoms with Gasteiger partial charge in [-0.05, 0) is 56.5 Å². The number of hydrogen-bond acceptors (Lipinski definition) is 6. The number of nitrogens with zero attached hydrogens (tertiary/aromatic N) is 2. The molecule has 1 amide bonds. The molecule has 1 aliphatic carbocycles. The highest BCUT2D eigenvalue weighted by Gasteiger charge is 2.72. The molecule has 3 aromatic carbocycles. The van der Waals surface area contributed by atoms with Crippen LogP contribution in [0.1, 0.15) is 49.3 Å². The van der Waals surface area contributed by atoms with E-state index in [0.717, 1.165) is 11.1 Å². The summed E-state index contributed by atoms with van der Waals surface area (Å²) < 4.78 is 5.53. The molecule has 1 fully saturated rings. The summed E-state index contributed by atoms with van der Waals surface area (Å²) in [7, 11) is 0. The van der Waals surface area contributed by atoms with Crippen LogP contribution in [0.25, 0.3) is 0 Å². The van der Waals surface area contributed by atoms with Crippen molar-refractivity contribution < 1.29 is 24.2 Å². The van der Waals surface area contributed by atoms with Crippen LogP contribution in [0.2, 0.25) is 0 Å². The molecule has 0 bridgehead atoms. The Balaban J connectivity index is 1.90. The van der Waals surface area contributed by atoms with Gasteiger partial charge >= 0.3 is 5.97 Å². The highest BCUT2D eigenvalue weighted by molar-refractivity contribution is 6.21. The highest BCUT2D eigenvalue weighted by Crippen LogP contribution is 2.65. The van der Waals surface area contributed by atoms with Crippen molar-refractivity contribution in [1.82, 2.24) is 0 Å². The molecule has 1 aliphatic heterocycles. The lowest BCUT2D eigenvalue weighted by molar-refractivity contribution is -0.179. The number of benzene rings is 3. The third-order valence-corrected chi connectivity index (χ3v) is 8.74. The molecule has 7 heteroatoms.